The fourth-order valence-corrected chi connectivity index (χ4v) is 6.15. The van der Waals surface area contributed by atoms with Crippen molar-refractivity contribution < 1.29 is 49.4 Å². The third-order valence-electron chi connectivity index (χ3n) is 8.63. The Bertz CT molecular complexity index is 2230. The van der Waals surface area contributed by atoms with Gasteiger partial charge in [-0.15, -0.1) is 0 Å². The zero-order chi connectivity index (χ0) is 34.2. The van der Waals surface area contributed by atoms with E-state index >= 15 is 26.3 Å². The second-order valence-corrected chi connectivity index (χ2v) is 11.4. The first-order valence-corrected chi connectivity index (χ1v) is 14.7. The fourth-order valence-electron chi connectivity index (χ4n) is 6.15. The Kier molecular flexibility index (Phi) is 7.08. The lowest BCUT2D eigenvalue weighted by Gasteiger charge is -2.26. The molecule has 0 unspecified atom stereocenters. The van der Waals surface area contributed by atoms with Gasteiger partial charge in [-0.25, -0.2) is 0 Å². The van der Waals surface area contributed by atoms with Crippen LogP contribution >= 0.6 is 0 Å². The minimum absolute atomic E-state index is 0.0294. The van der Waals surface area contributed by atoms with Crippen LogP contribution < -0.4 is 14.2 Å². The summed E-state index contributed by atoms with van der Waals surface area (Å²) in [4.78, 5) is 0. The summed E-state index contributed by atoms with van der Waals surface area (Å²) in [6.07, 6.45) is 0. The number of rotatable bonds is 7. The maximum absolute atomic E-state index is 16.5. The molecule has 0 atom stereocenters. The summed E-state index contributed by atoms with van der Waals surface area (Å²) in [6, 6.07) is 20.5. The molecule has 2 aromatic heterocycles. The molecule has 4 aromatic carbocycles. The van der Waals surface area contributed by atoms with Crippen molar-refractivity contribution in [3.8, 4) is 39.9 Å². The van der Waals surface area contributed by atoms with Gasteiger partial charge in [-0.1, -0.05) is 29.8 Å². The predicted octanol–water partition coefficient (Wildman–Crippen LogP) is 10.7. The van der Waals surface area contributed by atoms with Crippen molar-refractivity contribution in [2.45, 2.75) is 24.7 Å². The van der Waals surface area contributed by atoms with Crippen molar-refractivity contribution >= 4 is 33.1 Å². The molecule has 0 N–H and O–H groups in total. The van der Waals surface area contributed by atoms with Gasteiger partial charge in [0.1, 0.15) is 39.9 Å². The standard InChI is InChI=1S/C37H26F6O5/c1-19-5-7-20(8-6-19)33-29(25-15-13-23(45-3)17-27(25)47-33)31-32(36(40,41)37(42,43)35(31,38)39)30-26-16-14-24(46-4)18-28(26)48-34(30)21-9-11-22(44-2)12-10-21/h5-18H,1-4H3. The number of allylic oxidation sites excluding steroid dienone is 2. The van der Waals surface area contributed by atoms with Crippen LogP contribution in [-0.4, -0.2) is 39.1 Å². The lowest BCUT2D eigenvalue weighted by molar-refractivity contribution is -0.254. The Morgan fingerprint density at radius 3 is 1.27 bits per heavy atom. The lowest BCUT2D eigenvalue weighted by atomic mass is 9.89. The van der Waals surface area contributed by atoms with Crippen molar-refractivity contribution in [3.63, 3.8) is 0 Å². The van der Waals surface area contributed by atoms with Gasteiger partial charge in [-0.05, 0) is 55.5 Å². The van der Waals surface area contributed by atoms with Gasteiger partial charge in [-0.2, -0.15) is 26.3 Å². The monoisotopic (exact) mass is 664 g/mol. The number of ether oxygens (including phenoxy) is 3. The fraction of sp³-hybridized carbons (Fsp3) is 0.189. The molecule has 0 radical (unpaired) electrons. The van der Waals surface area contributed by atoms with Crippen LogP contribution in [0.15, 0.2) is 93.8 Å². The average Bonchev–Trinajstić information content (AvgIpc) is 3.67. The van der Waals surface area contributed by atoms with Gasteiger partial charge in [0.05, 0.1) is 21.3 Å². The number of methoxy groups -OCH3 is 3. The first-order valence-electron chi connectivity index (χ1n) is 14.7. The van der Waals surface area contributed by atoms with E-state index in [2.05, 4.69) is 0 Å². The zero-order valence-electron chi connectivity index (χ0n) is 25.9. The van der Waals surface area contributed by atoms with Crippen LogP contribution in [0.1, 0.15) is 16.7 Å². The largest absolute Gasteiger partial charge is 0.497 e. The molecule has 0 bridgehead atoms. The van der Waals surface area contributed by atoms with Crippen LogP contribution in [0.25, 0.3) is 55.7 Å². The van der Waals surface area contributed by atoms with Crippen LogP contribution in [0.2, 0.25) is 0 Å². The lowest BCUT2D eigenvalue weighted by Crippen LogP contribution is -2.48. The number of furan rings is 2. The molecular formula is C37H26F6O5. The summed E-state index contributed by atoms with van der Waals surface area (Å²) in [5, 5.41) is -0.193. The normalized spacial score (nSPS) is 16.5. The van der Waals surface area contributed by atoms with E-state index in [4.69, 9.17) is 23.0 Å². The summed E-state index contributed by atoms with van der Waals surface area (Å²) in [5.74, 6) is -16.3. The van der Waals surface area contributed by atoms with Crippen LogP contribution in [0.3, 0.4) is 0 Å². The number of alkyl halides is 6. The maximum atomic E-state index is 16.5. The quantitative estimate of drug-likeness (QED) is 0.159. The minimum atomic E-state index is -5.85. The van der Waals surface area contributed by atoms with Crippen molar-refractivity contribution in [1.29, 1.82) is 0 Å². The molecule has 2 heterocycles. The summed E-state index contributed by atoms with van der Waals surface area (Å²) >= 11 is 0. The summed E-state index contributed by atoms with van der Waals surface area (Å²) in [5.41, 5.74) is -3.28. The molecule has 48 heavy (non-hydrogen) atoms. The van der Waals surface area contributed by atoms with Crippen molar-refractivity contribution in [3.05, 3.63) is 102 Å². The molecular weight excluding hydrogens is 638 g/mol. The Morgan fingerprint density at radius 1 is 0.500 bits per heavy atom. The smallest absolute Gasteiger partial charge is 0.380 e. The summed E-state index contributed by atoms with van der Waals surface area (Å²) in [7, 11) is 4.16. The van der Waals surface area contributed by atoms with Crippen molar-refractivity contribution in [1.82, 2.24) is 0 Å². The van der Waals surface area contributed by atoms with Crippen molar-refractivity contribution in [2.75, 3.05) is 21.3 Å². The first-order chi connectivity index (χ1) is 22.8. The third kappa shape index (κ3) is 4.40. The number of aryl methyl sites for hydroxylation is 1. The summed E-state index contributed by atoms with van der Waals surface area (Å²) < 4.78 is 125. The van der Waals surface area contributed by atoms with E-state index in [1.807, 2.05) is 0 Å². The highest BCUT2D eigenvalue weighted by Gasteiger charge is 2.81. The van der Waals surface area contributed by atoms with Crippen LogP contribution in [-0.2, 0) is 0 Å². The molecule has 1 aliphatic carbocycles. The minimum Gasteiger partial charge on any atom is -0.497 e. The molecule has 1 aliphatic rings. The predicted molar refractivity (Wildman–Crippen MR) is 169 cm³/mol. The highest BCUT2D eigenvalue weighted by atomic mass is 19.3. The number of hydrogen-bond donors (Lipinski definition) is 0. The Hall–Kier alpha value is -5.32. The molecule has 246 valence electrons. The van der Waals surface area contributed by atoms with Crippen molar-refractivity contribution in [2.24, 2.45) is 0 Å². The number of hydrogen-bond acceptors (Lipinski definition) is 5. The van der Waals surface area contributed by atoms with Crippen LogP contribution in [0, 0.1) is 6.92 Å². The molecule has 0 amide bonds. The van der Waals surface area contributed by atoms with E-state index in [1.54, 1.807) is 31.2 Å². The Morgan fingerprint density at radius 2 is 0.875 bits per heavy atom. The molecule has 7 rings (SSSR count). The van der Waals surface area contributed by atoms with Crippen LogP contribution in [0.4, 0.5) is 26.3 Å². The molecule has 11 heteroatoms. The van der Waals surface area contributed by atoms with E-state index in [1.165, 1.54) is 82.0 Å². The second kappa shape index (κ2) is 10.9. The number of fused-ring (bicyclic) bond motifs is 2. The average molecular weight is 665 g/mol. The van der Waals surface area contributed by atoms with Gasteiger partial charge in [-0.3, -0.25) is 0 Å². The van der Waals surface area contributed by atoms with Gasteiger partial charge < -0.3 is 23.0 Å². The van der Waals surface area contributed by atoms with E-state index in [0.717, 1.165) is 5.56 Å². The van der Waals surface area contributed by atoms with Gasteiger partial charge in [0.15, 0.2) is 0 Å². The SMILES string of the molecule is COc1ccc(-c2oc3cc(OC)ccc3c2C2=C(c3c(-c4ccc(C)cc4)oc4cc(OC)ccc34)C(F)(F)C(F)(F)C2(F)F)cc1. The van der Waals surface area contributed by atoms with Gasteiger partial charge in [0.2, 0.25) is 0 Å². The molecule has 0 fully saturated rings. The Labute approximate surface area is 269 Å². The highest BCUT2D eigenvalue weighted by molar-refractivity contribution is 6.15. The maximum Gasteiger partial charge on any atom is 0.380 e. The van der Waals surface area contributed by atoms with Crippen LogP contribution in [0.5, 0.6) is 17.2 Å². The van der Waals surface area contributed by atoms with E-state index in [0.29, 0.717) is 5.75 Å². The Balaban J connectivity index is 1.67. The van der Waals surface area contributed by atoms with Gasteiger partial charge in [0.25, 0.3) is 0 Å². The molecule has 0 spiro atoms. The van der Waals surface area contributed by atoms with Gasteiger partial charge >= 0.3 is 17.8 Å². The molecule has 6 aromatic rings. The van der Waals surface area contributed by atoms with E-state index < -0.39 is 40.0 Å². The molecule has 0 aliphatic heterocycles. The highest BCUT2D eigenvalue weighted by Crippen LogP contribution is 2.67. The van der Waals surface area contributed by atoms with Gasteiger partial charge in [0, 0.05) is 56.3 Å². The number of halogens is 6. The second-order valence-electron chi connectivity index (χ2n) is 11.4. The molecule has 0 saturated heterocycles. The third-order valence-corrected chi connectivity index (χ3v) is 8.63. The summed E-state index contributed by atoms with van der Waals surface area (Å²) in [6.45, 7) is 1.79. The number of benzene rings is 4. The van der Waals surface area contributed by atoms with E-state index in [-0.39, 0.29) is 56.1 Å². The first kappa shape index (κ1) is 31.3. The van der Waals surface area contributed by atoms with E-state index in [9.17, 15) is 0 Å². The topological polar surface area (TPSA) is 54.0 Å². The molecule has 5 nitrogen and oxygen atoms in total. The zero-order valence-corrected chi connectivity index (χ0v) is 25.9. The molecule has 0 saturated carbocycles.